The summed E-state index contributed by atoms with van der Waals surface area (Å²) in [6, 6.07) is 7.30. The second kappa shape index (κ2) is 9.38. The highest BCUT2D eigenvalue weighted by Gasteiger charge is 2.35. The molecule has 1 aliphatic heterocycles. The van der Waals surface area contributed by atoms with Gasteiger partial charge < -0.3 is 19.1 Å². The third-order valence-electron chi connectivity index (χ3n) is 4.69. The fourth-order valence-electron chi connectivity index (χ4n) is 3.29. The molecular weight excluding hydrogens is 384 g/mol. The van der Waals surface area contributed by atoms with Crippen molar-refractivity contribution >= 4 is 17.6 Å². The Hall–Kier alpha value is -2.75. The summed E-state index contributed by atoms with van der Waals surface area (Å²) in [4.78, 5) is 26.8. The van der Waals surface area contributed by atoms with Gasteiger partial charge in [0.05, 0.1) is 24.2 Å². The fraction of sp³-hybridized carbons (Fsp3) is 0.609. The van der Waals surface area contributed by atoms with Gasteiger partial charge in [0.15, 0.2) is 5.60 Å². The third-order valence-corrected chi connectivity index (χ3v) is 4.69. The minimum absolute atomic E-state index is 0.193. The average molecular weight is 417 g/mol. The van der Waals surface area contributed by atoms with Crippen molar-refractivity contribution in [3.63, 3.8) is 0 Å². The Labute approximate surface area is 178 Å². The lowest BCUT2D eigenvalue weighted by Crippen LogP contribution is -2.43. The number of hydrogen-bond donors (Lipinski definition) is 0. The van der Waals surface area contributed by atoms with Gasteiger partial charge in [0.2, 0.25) is 0 Å². The molecule has 7 heteroatoms. The SMILES string of the molecule is CCOC(=O)[C@@H]1CCCN(c2cc(C#N)cc(OC(C)(C)C(=O)OC(C)(C)C)c2)C1. The molecule has 0 bridgehead atoms. The number of benzene rings is 1. The Morgan fingerprint density at radius 3 is 2.50 bits per heavy atom. The summed E-state index contributed by atoms with van der Waals surface area (Å²) < 4.78 is 16.6. The molecule has 1 saturated heterocycles. The Bertz CT molecular complexity index is 820. The van der Waals surface area contributed by atoms with Crippen LogP contribution in [0.3, 0.4) is 0 Å². The van der Waals surface area contributed by atoms with Crippen LogP contribution in [-0.2, 0) is 19.1 Å². The van der Waals surface area contributed by atoms with E-state index < -0.39 is 17.2 Å². The van der Waals surface area contributed by atoms with Crippen molar-refractivity contribution in [3.05, 3.63) is 23.8 Å². The van der Waals surface area contributed by atoms with E-state index in [4.69, 9.17) is 14.2 Å². The van der Waals surface area contributed by atoms with Gasteiger partial charge >= 0.3 is 11.9 Å². The fourth-order valence-corrected chi connectivity index (χ4v) is 3.29. The standard InChI is InChI=1S/C23H32N2O5/c1-7-28-20(26)17-9-8-10-25(15-17)18-11-16(14-24)12-19(13-18)29-23(5,6)21(27)30-22(2,3)4/h11-13,17H,7-10,15H2,1-6H3/t17-/m1/s1. The molecule has 0 unspecified atom stereocenters. The van der Waals surface area contributed by atoms with Gasteiger partial charge in [-0.2, -0.15) is 5.26 Å². The van der Waals surface area contributed by atoms with Crippen molar-refractivity contribution in [1.82, 2.24) is 0 Å². The summed E-state index contributed by atoms with van der Waals surface area (Å²) in [5, 5.41) is 9.47. The van der Waals surface area contributed by atoms with E-state index in [0.717, 1.165) is 25.1 Å². The average Bonchev–Trinajstić information content (AvgIpc) is 2.66. The zero-order valence-corrected chi connectivity index (χ0v) is 18.8. The summed E-state index contributed by atoms with van der Waals surface area (Å²) in [5.74, 6) is -0.481. The number of nitrogens with zero attached hydrogens (tertiary/aromatic N) is 2. The van der Waals surface area contributed by atoms with E-state index in [1.807, 2.05) is 0 Å². The first-order chi connectivity index (χ1) is 13.9. The van der Waals surface area contributed by atoms with Crippen LogP contribution in [0.1, 0.15) is 59.9 Å². The van der Waals surface area contributed by atoms with Crippen molar-refractivity contribution < 1.29 is 23.8 Å². The second-order valence-electron chi connectivity index (χ2n) is 8.98. The monoisotopic (exact) mass is 416 g/mol. The first kappa shape index (κ1) is 23.5. The van der Waals surface area contributed by atoms with Crippen LogP contribution < -0.4 is 9.64 Å². The normalized spacial score (nSPS) is 17.1. The molecule has 1 aromatic rings. The smallest absolute Gasteiger partial charge is 0.350 e. The van der Waals surface area contributed by atoms with Crippen molar-refractivity contribution in [3.8, 4) is 11.8 Å². The van der Waals surface area contributed by atoms with Crippen molar-refractivity contribution in [2.24, 2.45) is 5.92 Å². The van der Waals surface area contributed by atoms with Crippen LogP contribution in [0.2, 0.25) is 0 Å². The molecule has 1 fully saturated rings. The van der Waals surface area contributed by atoms with Gasteiger partial charge in [-0.25, -0.2) is 4.79 Å². The highest BCUT2D eigenvalue weighted by Crippen LogP contribution is 2.31. The van der Waals surface area contributed by atoms with Gasteiger partial charge in [0.25, 0.3) is 0 Å². The number of piperidine rings is 1. The van der Waals surface area contributed by atoms with Crippen LogP contribution in [0.15, 0.2) is 18.2 Å². The largest absolute Gasteiger partial charge is 0.476 e. The molecule has 0 radical (unpaired) electrons. The second-order valence-corrected chi connectivity index (χ2v) is 8.98. The van der Waals surface area contributed by atoms with Crippen LogP contribution >= 0.6 is 0 Å². The molecule has 1 aromatic carbocycles. The molecule has 7 nitrogen and oxygen atoms in total. The molecule has 30 heavy (non-hydrogen) atoms. The van der Waals surface area contributed by atoms with Crippen LogP contribution in [-0.4, -0.2) is 42.8 Å². The summed E-state index contributed by atoms with van der Waals surface area (Å²) >= 11 is 0. The van der Waals surface area contributed by atoms with E-state index in [9.17, 15) is 14.9 Å². The number of rotatable bonds is 6. The first-order valence-electron chi connectivity index (χ1n) is 10.3. The lowest BCUT2D eigenvalue weighted by molar-refractivity contribution is -0.171. The van der Waals surface area contributed by atoms with Gasteiger partial charge in [-0.15, -0.1) is 0 Å². The minimum atomic E-state index is -1.23. The highest BCUT2D eigenvalue weighted by molar-refractivity contribution is 5.79. The summed E-state index contributed by atoms with van der Waals surface area (Å²) in [6.07, 6.45) is 1.63. The van der Waals surface area contributed by atoms with Crippen LogP contribution in [0.25, 0.3) is 0 Å². The Morgan fingerprint density at radius 2 is 1.90 bits per heavy atom. The van der Waals surface area contributed by atoms with Crippen molar-refractivity contribution in [2.45, 2.75) is 65.6 Å². The summed E-state index contributed by atoms with van der Waals surface area (Å²) in [6.45, 7) is 12.1. The number of ether oxygens (including phenoxy) is 3. The van der Waals surface area contributed by atoms with E-state index in [0.29, 0.717) is 24.5 Å². The van der Waals surface area contributed by atoms with E-state index in [-0.39, 0.29) is 11.9 Å². The molecule has 2 rings (SSSR count). The predicted octanol–water partition coefficient (Wildman–Crippen LogP) is 3.84. The number of carbonyl (C=O) groups is 2. The number of hydrogen-bond acceptors (Lipinski definition) is 7. The maximum absolute atomic E-state index is 12.5. The van der Waals surface area contributed by atoms with Crippen molar-refractivity contribution in [2.75, 3.05) is 24.6 Å². The van der Waals surface area contributed by atoms with Gasteiger partial charge in [-0.3, -0.25) is 4.79 Å². The predicted molar refractivity (Wildman–Crippen MR) is 113 cm³/mol. The van der Waals surface area contributed by atoms with Gasteiger partial charge in [0.1, 0.15) is 11.4 Å². The van der Waals surface area contributed by atoms with Gasteiger partial charge in [0, 0.05) is 24.8 Å². The Morgan fingerprint density at radius 1 is 1.20 bits per heavy atom. The lowest BCUT2D eigenvalue weighted by Gasteiger charge is -2.34. The zero-order chi connectivity index (χ0) is 22.5. The highest BCUT2D eigenvalue weighted by atomic mass is 16.6. The molecule has 1 aliphatic rings. The van der Waals surface area contributed by atoms with E-state index >= 15 is 0 Å². The molecule has 0 aromatic heterocycles. The van der Waals surface area contributed by atoms with Crippen molar-refractivity contribution in [1.29, 1.82) is 5.26 Å². The number of carbonyl (C=O) groups excluding carboxylic acids is 2. The zero-order valence-electron chi connectivity index (χ0n) is 18.8. The first-order valence-corrected chi connectivity index (χ1v) is 10.3. The maximum atomic E-state index is 12.5. The van der Waals surface area contributed by atoms with Crippen LogP contribution in [0.4, 0.5) is 5.69 Å². The molecule has 1 atom stereocenters. The number of esters is 2. The molecule has 0 aliphatic carbocycles. The molecule has 164 valence electrons. The molecule has 0 N–H and O–H groups in total. The maximum Gasteiger partial charge on any atom is 0.350 e. The summed E-state index contributed by atoms with van der Waals surface area (Å²) in [5.41, 5.74) is -0.667. The van der Waals surface area contributed by atoms with E-state index in [2.05, 4.69) is 11.0 Å². The molecular formula is C23H32N2O5. The number of anilines is 1. The number of nitriles is 1. The molecule has 1 heterocycles. The summed E-state index contributed by atoms with van der Waals surface area (Å²) in [7, 11) is 0. The Balaban J connectivity index is 2.24. The topological polar surface area (TPSA) is 88.9 Å². The molecule has 0 amide bonds. The lowest BCUT2D eigenvalue weighted by atomic mass is 9.97. The van der Waals surface area contributed by atoms with Crippen LogP contribution in [0.5, 0.6) is 5.75 Å². The minimum Gasteiger partial charge on any atom is -0.476 e. The third kappa shape index (κ3) is 6.38. The molecule has 0 saturated carbocycles. The quantitative estimate of drug-likeness (QED) is 0.651. The molecule has 0 spiro atoms. The van der Waals surface area contributed by atoms with Gasteiger partial charge in [-0.05, 0) is 66.5 Å². The Kier molecular flexibility index (Phi) is 7.35. The van der Waals surface area contributed by atoms with Gasteiger partial charge in [-0.1, -0.05) is 0 Å². The van der Waals surface area contributed by atoms with E-state index in [1.54, 1.807) is 59.7 Å². The van der Waals surface area contributed by atoms with E-state index in [1.165, 1.54) is 0 Å². The van der Waals surface area contributed by atoms with Crippen LogP contribution in [0, 0.1) is 17.2 Å².